The van der Waals surface area contributed by atoms with Crippen LogP contribution < -0.4 is 0 Å². The summed E-state index contributed by atoms with van der Waals surface area (Å²) in [6.45, 7) is 4.53. The summed E-state index contributed by atoms with van der Waals surface area (Å²) in [5.41, 5.74) is 0. The lowest BCUT2D eigenvalue weighted by atomic mass is 10.1. The van der Waals surface area contributed by atoms with Gasteiger partial charge in [0, 0.05) is 25.4 Å². The van der Waals surface area contributed by atoms with E-state index in [1.807, 2.05) is 34.0 Å². The molecule has 0 radical (unpaired) electrons. The van der Waals surface area contributed by atoms with E-state index in [2.05, 4.69) is 67.8 Å². The molecule has 0 amide bonds. The third-order valence-electron chi connectivity index (χ3n) is 3.79. The highest BCUT2D eigenvalue weighted by Crippen LogP contribution is 2.47. The normalized spacial score (nSPS) is 11.6. The van der Waals surface area contributed by atoms with Crippen molar-refractivity contribution in [1.82, 2.24) is 0 Å². The molecule has 3 heteroatoms. The van der Waals surface area contributed by atoms with Gasteiger partial charge in [-0.2, -0.15) is 0 Å². The molecule has 0 spiro atoms. The maximum Gasteiger partial charge on any atom is 0.0528 e. The zero-order valence-corrected chi connectivity index (χ0v) is 14.9. The van der Waals surface area contributed by atoms with Gasteiger partial charge in [-0.3, -0.25) is 0 Å². The zero-order chi connectivity index (χ0) is 15.1. The molecule has 4 aromatic rings. The summed E-state index contributed by atoms with van der Waals surface area (Å²) >= 11 is 5.69. The van der Waals surface area contributed by atoms with Crippen LogP contribution in [0.4, 0.5) is 0 Å². The smallest absolute Gasteiger partial charge is 0.0528 e. The molecule has 0 N–H and O–H groups in total. The molecule has 0 fully saturated rings. The fraction of sp³-hybridized carbons (Fsp3) is 0.158. The van der Waals surface area contributed by atoms with Gasteiger partial charge in [0.2, 0.25) is 0 Å². The number of hydrogen-bond donors (Lipinski definition) is 0. The van der Waals surface area contributed by atoms with Crippen molar-refractivity contribution >= 4 is 44.8 Å². The maximum absolute atomic E-state index is 2.29. The van der Waals surface area contributed by atoms with Crippen LogP contribution in [0.3, 0.4) is 0 Å². The highest BCUT2D eigenvalue weighted by Gasteiger charge is 2.16. The minimum atomic E-state index is 0.599. The lowest BCUT2D eigenvalue weighted by molar-refractivity contribution is 0.890. The molecule has 0 saturated carbocycles. The van der Waals surface area contributed by atoms with E-state index in [0.717, 1.165) is 0 Å². The molecule has 0 nitrogen and oxygen atoms in total. The van der Waals surface area contributed by atoms with Crippen LogP contribution in [-0.4, -0.2) is 0 Å². The Morgan fingerprint density at radius 3 is 2.05 bits per heavy atom. The second-order valence-electron chi connectivity index (χ2n) is 5.64. The number of rotatable bonds is 3. The summed E-state index contributed by atoms with van der Waals surface area (Å²) in [6.07, 6.45) is 0. The lowest BCUT2D eigenvalue weighted by Gasteiger charge is -1.98. The second kappa shape index (κ2) is 5.65. The molecule has 4 rings (SSSR count). The highest BCUT2D eigenvalue weighted by molar-refractivity contribution is 7.27. The van der Waals surface area contributed by atoms with Gasteiger partial charge in [0.25, 0.3) is 0 Å². The third-order valence-corrected chi connectivity index (χ3v) is 7.62. The first-order valence-corrected chi connectivity index (χ1v) is 9.91. The van der Waals surface area contributed by atoms with Crippen molar-refractivity contribution in [1.29, 1.82) is 0 Å². The number of fused-ring (bicyclic) bond motifs is 1. The molecule has 3 heterocycles. The van der Waals surface area contributed by atoms with E-state index in [-0.39, 0.29) is 0 Å². The van der Waals surface area contributed by atoms with Crippen LogP contribution in [0.25, 0.3) is 30.3 Å². The monoisotopic (exact) mass is 340 g/mol. The molecule has 0 bridgehead atoms. The molecular formula is C19H16S3. The Labute approximate surface area is 142 Å². The van der Waals surface area contributed by atoms with Crippen molar-refractivity contribution in [2.24, 2.45) is 0 Å². The lowest BCUT2D eigenvalue weighted by Crippen LogP contribution is -1.77. The summed E-state index contributed by atoms with van der Waals surface area (Å²) in [7, 11) is 0. The molecule has 0 aliphatic carbocycles. The summed E-state index contributed by atoms with van der Waals surface area (Å²) in [5, 5.41) is 4.92. The van der Waals surface area contributed by atoms with E-state index >= 15 is 0 Å². The van der Waals surface area contributed by atoms with Crippen molar-refractivity contribution in [3.05, 3.63) is 58.8 Å². The summed E-state index contributed by atoms with van der Waals surface area (Å²) in [6, 6.07) is 17.7. The Balaban J connectivity index is 1.94. The van der Waals surface area contributed by atoms with Gasteiger partial charge in [0.05, 0.1) is 9.75 Å². The zero-order valence-electron chi connectivity index (χ0n) is 12.5. The van der Waals surface area contributed by atoms with Crippen molar-refractivity contribution in [2.45, 2.75) is 19.8 Å². The van der Waals surface area contributed by atoms with Gasteiger partial charge in [-0.1, -0.05) is 44.2 Å². The largest absolute Gasteiger partial charge is 0.143 e. The third kappa shape index (κ3) is 2.34. The summed E-state index contributed by atoms with van der Waals surface area (Å²) in [4.78, 5) is 7.04. The van der Waals surface area contributed by atoms with Crippen molar-refractivity contribution in [3.8, 4) is 19.5 Å². The van der Waals surface area contributed by atoms with Gasteiger partial charge >= 0.3 is 0 Å². The van der Waals surface area contributed by atoms with Gasteiger partial charge < -0.3 is 0 Å². The Morgan fingerprint density at radius 2 is 1.45 bits per heavy atom. The molecule has 0 aliphatic rings. The fourth-order valence-corrected chi connectivity index (χ4v) is 5.93. The second-order valence-corrected chi connectivity index (χ2v) is 8.72. The average molecular weight is 341 g/mol. The number of hydrogen-bond acceptors (Lipinski definition) is 3. The first kappa shape index (κ1) is 14.2. The molecule has 0 aliphatic heterocycles. The molecule has 22 heavy (non-hydrogen) atoms. The molecular weight excluding hydrogens is 324 g/mol. The SMILES string of the molecule is CC(C)c1ccc(-c2sc(-c3cccs3)c3ccccc23)s1. The van der Waals surface area contributed by atoms with E-state index in [9.17, 15) is 0 Å². The van der Waals surface area contributed by atoms with E-state index in [1.165, 1.54) is 35.2 Å². The minimum absolute atomic E-state index is 0.599. The molecule has 1 aromatic carbocycles. The van der Waals surface area contributed by atoms with Crippen LogP contribution in [0.1, 0.15) is 24.6 Å². The maximum atomic E-state index is 2.29. The van der Waals surface area contributed by atoms with Crippen molar-refractivity contribution in [2.75, 3.05) is 0 Å². The van der Waals surface area contributed by atoms with E-state index in [4.69, 9.17) is 0 Å². The first-order chi connectivity index (χ1) is 10.7. The molecule has 0 atom stereocenters. The Kier molecular flexibility index (Phi) is 3.65. The van der Waals surface area contributed by atoms with Crippen LogP contribution in [0.5, 0.6) is 0 Å². The van der Waals surface area contributed by atoms with E-state index in [0.29, 0.717) is 5.92 Å². The molecule has 0 unspecified atom stereocenters. The van der Waals surface area contributed by atoms with Crippen LogP contribution in [0.2, 0.25) is 0 Å². The Bertz CT molecular complexity index is 907. The predicted molar refractivity (Wildman–Crippen MR) is 103 cm³/mol. The van der Waals surface area contributed by atoms with Gasteiger partial charge in [-0.05, 0) is 29.5 Å². The van der Waals surface area contributed by atoms with Crippen LogP contribution in [0.15, 0.2) is 53.9 Å². The minimum Gasteiger partial charge on any atom is -0.143 e. The van der Waals surface area contributed by atoms with Gasteiger partial charge in [0.1, 0.15) is 0 Å². The topological polar surface area (TPSA) is 0 Å². The van der Waals surface area contributed by atoms with E-state index in [1.54, 1.807) is 0 Å². The van der Waals surface area contributed by atoms with Gasteiger partial charge in [-0.15, -0.1) is 34.0 Å². The predicted octanol–water partition coefficient (Wildman–Crippen LogP) is 7.48. The van der Waals surface area contributed by atoms with Crippen molar-refractivity contribution < 1.29 is 0 Å². The average Bonchev–Trinajstić information content (AvgIpc) is 3.25. The standard InChI is InChI=1S/C19H16S3/c1-12(2)15-9-10-17(21-15)19-14-7-4-3-6-13(14)18(22-19)16-8-5-11-20-16/h3-12H,1-2H3. The highest BCUT2D eigenvalue weighted by atomic mass is 32.1. The van der Waals surface area contributed by atoms with Crippen LogP contribution >= 0.6 is 34.0 Å². The molecule has 3 aromatic heterocycles. The Morgan fingerprint density at radius 1 is 0.727 bits per heavy atom. The van der Waals surface area contributed by atoms with Crippen LogP contribution in [-0.2, 0) is 0 Å². The first-order valence-electron chi connectivity index (χ1n) is 7.39. The summed E-state index contributed by atoms with van der Waals surface area (Å²) < 4.78 is 0. The molecule has 110 valence electrons. The number of thiophene rings is 3. The van der Waals surface area contributed by atoms with Crippen LogP contribution in [0, 0.1) is 0 Å². The summed E-state index contributed by atoms with van der Waals surface area (Å²) in [5.74, 6) is 0.599. The molecule has 0 saturated heterocycles. The number of benzene rings is 1. The Hall–Kier alpha value is -1.42. The fourth-order valence-electron chi connectivity index (χ4n) is 2.65. The van der Waals surface area contributed by atoms with E-state index < -0.39 is 0 Å². The quantitative estimate of drug-likeness (QED) is 0.362. The van der Waals surface area contributed by atoms with Gasteiger partial charge in [0.15, 0.2) is 0 Å². The van der Waals surface area contributed by atoms with Crippen molar-refractivity contribution in [3.63, 3.8) is 0 Å². The van der Waals surface area contributed by atoms with Gasteiger partial charge in [-0.25, -0.2) is 0 Å².